The van der Waals surface area contributed by atoms with Crippen LogP contribution < -0.4 is 0 Å². The quantitative estimate of drug-likeness (QED) is 0.719. The second-order valence-corrected chi connectivity index (χ2v) is 2.56. The molecule has 1 rings (SSSR count). The van der Waals surface area contributed by atoms with Crippen LogP contribution in [0.3, 0.4) is 0 Å². The van der Waals surface area contributed by atoms with E-state index in [4.69, 9.17) is 5.11 Å². The molecule has 0 fully saturated rings. The second kappa shape index (κ2) is 3.51. The molecular formula is C9H8F2O2. The number of carbonyl (C=O) groups is 1. The van der Waals surface area contributed by atoms with E-state index in [9.17, 15) is 13.6 Å². The molecule has 70 valence electrons. The fourth-order valence-electron chi connectivity index (χ4n) is 0.950. The lowest BCUT2D eigenvalue weighted by molar-refractivity contribution is 0.0985. The molecule has 0 bridgehead atoms. The van der Waals surface area contributed by atoms with Crippen molar-refractivity contribution in [3.05, 3.63) is 29.3 Å². The summed E-state index contributed by atoms with van der Waals surface area (Å²) >= 11 is 0. The average Bonchev–Trinajstić information content (AvgIpc) is 2.10. The van der Waals surface area contributed by atoms with Gasteiger partial charge in [0, 0.05) is 12.5 Å². The number of benzene rings is 1. The maximum Gasteiger partial charge on any atom is 0.166 e. The Kier molecular flexibility index (Phi) is 2.60. The first-order valence-corrected chi connectivity index (χ1v) is 3.77. The molecule has 0 amide bonds. The first-order valence-electron chi connectivity index (χ1n) is 3.77. The monoisotopic (exact) mass is 186 g/mol. The van der Waals surface area contributed by atoms with Crippen molar-refractivity contribution in [1.29, 1.82) is 0 Å². The Morgan fingerprint density at radius 1 is 1.38 bits per heavy atom. The highest BCUT2D eigenvalue weighted by molar-refractivity contribution is 5.98. The predicted octanol–water partition coefficient (Wildman–Crippen LogP) is 2.26. The Labute approximate surface area is 73.8 Å². The van der Waals surface area contributed by atoms with Gasteiger partial charge in [0.05, 0.1) is 5.56 Å². The molecule has 1 aromatic rings. The summed E-state index contributed by atoms with van der Waals surface area (Å²) in [6, 6.07) is 1.30. The number of phenols is 1. The number of hydrogen-bond acceptors (Lipinski definition) is 2. The highest BCUT2D eigenvalue weighted by Gasteiger charge is 2.13. The topological polar surface area (TPSA) is 37.3 Å². The first-order chi connectivity index (χ1) is 6.06. The number of halogens is 2. The molecule has 0 unspecified atom stereocenters. The summed E-state index contributed by atoms with van der Waals surface area (Å²) in [5.74, 6) is -3.23. The van der Waals surface area contributed by atoms with Crippen molar-refractivity contribution >= 4 is 5.78 Å². The van der Waals surface area contributed by atoms with Crippen LogP contribution in [0.5, 0.6) is 5.75 Å². The maximum absolute atomic E-state index is 12.6. The van der Waals surface area contributed by atoms with Crippen LogP contribution in [0.4, 0.5) is 8.78 Å². The van der Waals surface area contributed by atoms with Crippen molar-refractivity contribution in [2.24, 2.45) is 0 Å². The Balaban J connectivity index is 3.23. The zero-order valence-corrected chi connectivity index (χ0v) is 6.97. The van der Waals surface area contributed by atoms with Gasteiger partial charge >= 0.3 is 0 Å². The van der Waals surface area contributed by atoms with E-state index in [2.05, 4.69) is 0 Å². The van der Waals surface area contributed by atoms with Crippen LogP contribution in [0.1, 0.15) is 23.7 Å². The van der Waals surface area contributed by atoms with E-state index in [0.29, 0.717) is 12.1 Å². The highest BCUT2D eigenvalue weighted by atomic mass is 19.2. The Morgan fingerprint density at radius 3 is 2.46 bits per heavy atom. The van der Waals surface area contributed by atoms with Gasteiger partial charge in [0.15, 0.2) is 17.4 Å². The van der Waals surface area contributed by atoms with Gasteiger partial charge in [-0.3, -0.25) is 4.79 Å². The molecule has 0 aliphatic heterocycles. The minimum Gasteiger partial charge on any atom is -0.507 e. The molecule has 0 spiro atoms. The lowest BCUT2D eigenvalue weighted by Crippen LogP contribution is -1.99. The lowest BCUT2D eigenvalue weighted by Gasteiger charge is -2.02. The minimum atomic E-state index is -1.16. The summed E-state index contributed by atoms with van der Waals surface area (Å²) in [5.41, 5.74) is -0.179. The van der Waals surface area contributed by atoms with Crippen molar-refractivity contribution in [3.8, 4) is 5.75 Å². The van der Waals surface area contributed by atoms with Crippen LogP contribution in [-0.4, -0.2) is 10.9 Å². The molecule has 13 heavy (non-hydrogen) atoms. The average molecular weight is 186 g/mol. The maximum atomic E-state index is 12.6. The van der Waals surface area contributed by atoms with E-state index < -0.39 is 23.2 Å². The van der Waals surface area contributed by atoms with Gasteiger partial charge in [0.1, 0.15) is 5.75 Å². The van der Waals surface area contributed by atoms with E-state index >= 15 is 0 Å². The first kappa shape index (κ1) is 9.64. The van der Waals surface area contributed by atoms with Gasteiger partial charge in [-0.15, -0.1) is 0 Å². The zero-order valence-electron chi connectivity index (χ0n) is 6.97. The number of hydrogen-bond donors (Lipinski definition) is 1. The summed E-state index contributed by atoms with van der Waals surface area (Å²) < 4.78 is 25.1. The fourth-order valence-corrected chi connectivity index (χ4v) is 0.950. The van der Waals surface area contributed by atoms with Gasteiger partial charge < -0.3 is 5.11 Å². The van der Waals surface area contributed by atoms with Crippen molar-refractivity contribution in [1.82, 2.24) is 0 Å². The number of ketones is 1. The van der Waals surface area contributed by atoms with Gasteiger partial charge in [0.2, 0.25) is 0 Å². The minimum absolute atomic E-state index is 0.138. The number of carbonyl (C=O) groups excluding carboxylic acids is 1. The standard InChI is InChI=1S/C9H8F2O2/c1-2-8(12)5-3-6(10)7(11)4-9(5)13/h3-4,13H,2H2,1H3. The smallest absolute Gasteiger partial charge is 0.166 e. The van der Waals surface area contributed by atoms with Gasteiger partial charge in [-0.25, -0.2) is 8.78 Å². The molecule has 1 N–H and O–H groups in total. The van der Waals surface area contributed by atoms with E-state index in [1.54, 1.807) is 6.92 Å². The molecule has 0 aromatic heterocycles. The third-order valence-electron chi connectivity index (χ3n) is 1.66. The Hall–Kier alpha value is -1.45. The normalized spacial score (nSPS) is 10.1. The van der Waals surface area contributed by atoms with Gasteiger partial charge in [-0.1, -0.05) is 6.92 Å². The molecule has 0 aliphatic rings. The molecule has 2 nitrogen and oxygen atoms in total. The van der Waals surface area contributed by atoms with Crippen molar-refractivity contribution in [3.63, 3.8) is 0 Å². The van der Waals surface area contributed by atoms with E-state index in [0.717, 1.165) is 0 Å². The van der Waals surface area contributed by atoms with E-state index in [1.807, 2.05) is 0 Å². The van der Waals surface area contributed by atoms with Crippen LogP contribution in [-0.2, 0) is 0 Å². The van der Waals surface area contributed by atoms with Crippen LogP contribution in [0.25, 0.3) is 0 Å². The molecule has 0 atom stereocenters. The van der Waals surface area contributed by atoms with E-state index in [-0.39, 0.29) is 12.0 Å². The predicted molar refractivity (Wildman–Crippen MR) is 42.6 cm³/mol. The molecule has 1 aromatic carbocycles. The van der Waals surface area contributed by atoms with Crippen molar-refractivity contribution in [2.45, 2.75) is 13.3 Å². The molecule has 0 radical (unpaired) electrons. The summed E-state index contributed by atoms with van der Waals surface area (Å²) in [6.07, 6.45) is 0.138. The number of phenolic OH excluding ortho intramolecular Hbond substituents is 1. The lowest BCUT2D eigenvalue weighted by atomic mass is 10.1. The largest absolute Gasteiger partial charge is 0.507 e. The third-order valence-corrected chi connectivity index (χ3v) is 1.66. The van der Waals surface area contributed by atoms with Gasteiger partial charge in [-0.05, 0) is 6.07 Å². The summed E-state index contributed by atoms with van der Waals surface area (Å²) in [6.45, 7) is 1.57. The summed E-state index contributed by atoms with van der Waals surface area (Å²) in [5, 5.41) is 9.09. The van der Waals surface area contributed by atoms with Crippen LogP contribution in [0, 0.1) is 11.6 Å². The molecule has 0 saturated heterocycles. The molecule has 0 saturated carbocycles. The van der Waals surface area contributed by atoms with E-state index in [1.165, 1.54) is 0 Å². The number of Topliss-reactive ketones (excluding diaryl/α,β-unsaturated/α-hetero) is 1. The highest BCUT2D eigenvalue weighted by Crippen LogP contribution is 2.21. The molecule has 0 heterocycles. The second-order valence-electron chi connectivity index (χ2n) is 2.56. The van der Waals surface area contributed by atoms with Gasteiger partial charge in [-0.2, -0.15) is 0 Å². The molecule has 4 heteroatoms. The molecular weight excluding hydrogens is 178 g/mol. The van der Waals surface area contributed by atoms with Crippen LogP contribution in [0.2, 0.25) is 0 Å². The zero-order chi connectivity index (χ0) is 10.0. The van der Waals surface area contributed by atoms with Gasteiger partial charge in [0.25, 0.3) is 0 Å². The number of rotatable bonds is 2. The SMILES string of the molecule is CCC(=O)c1cc(F)c(F)cc1O. The van der Waals surface area contributed by atoms with Crippen LogP contribution >= 0.6 is 0 Å². The van der Waals surface area contributed by atoms with Crippen molar-refractivity contribution in [2.75, 3.05) is 0 Å². The third kappa shape index (κ3) is 1.83. The van der Waals surface area contributed by atoms with Crippen molar-refractivity contribution < 1.29 is 18.7 Å². The molecule has 0 aliphatic carbocycles. The van der Waals surface area contributed by atoms with Crippen LogP contribution in [0.15, 0.2) is 12.1 Å². The summed E-state index contributed by atoms with van der Waals surface area (Å²) in [7, 11) is 0. The summed E-state index contributed by atoms with van der Waals surface area (Å²) in [4.78, 5) is 11.0. The Bertz CT molecular complexity index is 348. The number of aromatic hydroxyl groups is 1. The fraction of sp³-hybridized carbons (Fsp3) is 0.222. The Morgan fingerprint density at radius 2 is 1.92 bits per heavy atom.